The second kappa shape index (κ2) is 6.95. The van der Waals surface area contributed by atoms with Crippen molar-refractivity contribution in [2.75, 3.05) is 26.4 Å². The van der Waals surface area contributed by atoms with Crippen LogP contribution in [-0.2, 0) is 14.2 Å². The van der Waals surface area contributed by atoms with Gasteiger partial charge in [-0.1, -0.05) is 6.42 Å². The Hall–Kier alpha value is -0.270. The first-order valence-corrected chi connectivity index (χ1v) is 7.00. The third-order valence-electron chi connectivity index (χ3n) is 3.79. The smallest absolute Gasteiger partial charge is 0.169 e. The van der Waals surface area contributed by atoms with Crippen LogP contribution in [0.4, 0.5) is 4.39 Å². The van der Waals surface area contributed by atoms with E-state index in [0.717, 1.165) is 25.7 Å². The highest BCUT2D eigenvalue weighted by atomic mass is 19.1. The molecule has 1 aliphatic heterocycles. The van der Waals surface area contributed by atoms with Crippen molar-refractivity contribution in [3.05, 3.63) is 0 Å². The predicted octanol–water partition coefficient (Wildman–Crippen LogP) is 0.770. The van der Waals surface area contributed by atoms with Crippen LogP contribution >= 0.6 is 0 Å². The Balaban J connectivity index is 1.94. The van der Waals surface area contributed by atoms with Gasteiger partial charge in [0.25, 0.3) is 0 Å². The summed E-state index contributed by atoms with van der Waals surface area (Å²) < 4.78 is 30.6. The highest BCUT2D eigenvalue weighted by molar-refractivity contribution is 4.88. The highest BCUT2D eigenvalue weighted by Gasteiger charge is 2.46. The fourth-order valence-corrected chi connectivity index (χ4v) is 2.83. The van der Waals surface area contributed by atoms with Crippen LogP contribution in [0.25, 0.3) is 0 Å². The first-order valence-electron chi connectivity index (χ1n) is 7.00. The average molecular weight is 278 g/mol. The molecule has 0 aromatic heterocycles. The minimum Gasteiger partial charge on any atom is -0.394 e. The Labute approximate surface area is 112 Å². The van der Waals surface area contributed by atoms with Crippen molar-refractivity contribution in [3.8, 4) is 0 Å². The van der Waals surface area contributed by atoms with Gasteiger partial charge in [-0.15, -0.1) is 0 Å². The van der Waals surface area contributed by atoms with E-state index in [4.69, 9.17) is 24.4 Å². The van der Waals surface area contributed by atoms with Crippen LogP contribution in [0.2, 0.25) is 0 Å². The SMILES string of the molecule is OCCO[C@@H]([C@H](F)CO)[C@H]1COC2(CCCCC2)O1. The summed E-state index contributed by atoms with van der Waals surface area (Å²) in [5, 5.41) is 17.7. The van der Waals surface area contributed by atoms with Crippen LogP contribution in [0, 0.1) is 0 Å². The van der Waals surface area contributed by atoms with Crippen molar-refractivity contribution in [1.82, 2.24) is 0 Å². The van der Waals surface area contributed by atoms with Gasteiger partial charge < -0.3 is 24.4 Å². The molecule has 19 heavy (non-hydrogen) atoms. The summed E-state index contributed by atoms with van der Waals surface area (Å²) in [6.45, 7) is -0.509. The van der Waals surface area contributed by atoms with Crippen LogP contribution < -0.4 is 0 Å². The van der Waals surface area contributed by atoms with Crippen molar-refractivity contribution in [1.29, 1.82) is 0 Å². The van der Waals surface area contributed by atoms with Crippen LogP contribution in [0.15, 0.2) is 0 Å². The molecule has 0 aromatic carbocycles. The largest absolute Gasteiger partial charge is 0.394 e. The molecule has 1 spiro atoms. The molecular weight excluding hydrogens is 255 g/mol. The lowest BCUT2D eigenvalue weighted by molar-refractivity contribution is -0.204. The van der Waals surface area contributed by atoms with Crippen molar-refractivity contribution >= 4 is 0 Å². The van der Waals surface area contributed by atoms with E-state index >= 15 is 0 Å². The molecule has 1 aliphatic carbocycles. The van der Waals surface area contributed by atoms with Gasteiger partial charge in [-0.2, -0.15) is 0 Å². The summed E-state index contributed by atoms with van der Waals surface area (Å²) in [6.07, 6.45) is 1.98. The van der Waals surface area contributed by atoms with Crippen LogP contribution in [-0.4, -0.2) is 60.8 Å². The van der Waals surface area contributed by atoms with Gasteiger partial charge in [0, 0.05) is 12.8 Å². The molecule has 112 valence electrons. The van der Waals surface area contributed by atoms with Crippen LogP contribution in [0.5, 0.6) is 0 Å². The fourth-order valence-electron chi connectivity index (χ4n) is 2.83. The standard InChI is InChI=1S/C13H23FO5/c14-10(8-16)12(17-7-6-15)11-9-18-13(19-11)4-2-1-3-5-13/h10-12,15-16H,1-9H2/t10-,11-,12+/m1/s1. The Morgan fingerprint density at radius 3 is 2.63 bits per heavy atom. The zero-order valence-corrected chi connectivity index (χ0v) is 11.1. The van der Waals surface area contributed by atoms with Gasteiger partial charge in [0.15, 0.2) is 12.0 Å². The maximum Gasteiger partial charge on any atom is 0.169 e. The van der Waals surface area contributed by atoms with E-state index in [9.17, 15) is 4.39 Å². The molecule has 2 N–H and O–H groups in total. The predicted molar refractivity (Wildman–Crippen MR) is 65.4 cm³/mol. The van der Waals surface area contributed by atoms with E-state index in [1.807, 2.05) is 0 Å². The fraction of sp³-hybridized carbons (Fsp3) is 1.00. The molecular formula is C13H23FO5. The molecule has 1 heterocycles. The van der Waals surface area contributed by atoms with E-state index < -0.39 is 30.8 Å². The number of rotatable bonds is 6. The van der Waals surface area contributed by atoms with E-state index in [1.165, 1.54) is 6.42 Å². The third kappa shape index (κ3) is 3.64. The van der Waals surface area contributed by atoms with Gasteiger partial charge in [-0.05, 0) is 12.8 Å². The first-order chi connectivity index (χ1) is 9.21. The second-order valence-electron chi connectivity index (χ2n) is 5.20. The topological polar surface area (TPSA) is 68.2 Å². The molecule has 0 unspecified atom stereocenters. The molecule has 0 aromatic rings. The molecule has 2 aliphatic rings. The number of hydrogen-bond donors (Lipinski definition) is 2. The minimum atomic E-state index is -1.53. The van der Waals surface area contributed by atoms with E-state index in [-0.39, 0.29) is 19.8 Å². The van der Waals surface area contributed by atoms with Crippen LogP contribution in [0.3, 0.4) is 0 Å². The molecule has 1 saturated heterocycles. The molecule has 0 amide bonds. The van der Waals surface area contributed by atoms with E-state index in [1.54, 1.807) is 0 Å². The van der Waals surface area contributed by atoms with Gasteiger partial charge in [-0.25, -0.2) is 4.39 Å². The zero-order chi connectivity index (χ0) is 13.7. The summed E-state index contributed by atoms with van der Waals surface area (Å²) >= 11 is 0. The number of aliphatic hydroxyl groups excluding tert-OH is 2. The summed E-state index contributed by atoms with van der Waals surface area (Å²) in [7, 11) is 0. The molecule has 2 rings (SSSR count). The third-order valence-corrected chi connectivity index (χ3v) is 3.79. The summed E-state index contributed by atoms with van der Waals surface area (Å²) in [4.78, 5) is 0. The lowest BCUT2D eigenvalue weighted by Crippen LogP contribution is -2.43. The highest BCUT2D eigenvalue weighted by Crippen LogP contribution is 2.39. The number of ether oxygens (including phenoxy) is 3. The normalized spacial score (nSPS) is 29.5. The zero-order valence-electron chi connectivity index (χ0n) is 11.1. The lowest BCUT2D eigenvalue weighted by atomic mass is 9.94. The van der Waals surface area contributed by atoms with E-state index in [0.29, 0.717) is 0 Å². The Bertz CT molecular complexity index is 270. The summed E-state index contributed by atoms with van der Waals surface area (Å²) in [5.41, 5.74) is 0. The molecule has 0 bridgehead atoms. The molecule has 2 fully saturated rings. The quantitative estimate of drug-likeness (QED) is 0.751. The number of alkyl halides is 1. The maximum absolute atomic E-state index is 13.7. The Kier molecular flexibility index (Phi) is 5.53. The molecule has 6 heteroatoms. The molecule has 5 nitrogen and oxygen atoms in total. The van der Waals surface area contributed by atoms with Gasteiger partial charge in [-0.3, -0.25) is 0 Å². The monoisotopic (exact) mass is 278 g/mol. The average Bonchev–Trinajstić information content (AvgIpc) is 2.83. The number of hydrogen-bond acceptors (Lipinski definition) is 5. The first kappa shape index (κ1) is 15.1. The minimum absolute atomic E-state index is 0.0257. The number of halogens is 1. The summed E-state index contributed by atoms with van der Waals surface area (Å²) in [5.74, 6) is -0.584. The van der Waals surface area contributed by atoms with Crippen molar-refractivity contribution in [2.45, 2.75) is 56.3 Å². The van der Waals surface area contributed by atoms with Gasteiger partial charge in [0.05, 0.1) is 26.4 Å². The van der Waals surface area contributed by atoms with Crippen molar-refractivity contribution < 1.29 is 28.8 Å². The Morgan fingerprint density at radius 2 is 2.00 bits per heavy atom. The van der Waals surface area contributed by atoms with Gasteiger partial charge in [0.1, 0.15) is 12.2 Å². The van der Waals surface area contributed by atoms with Gasteiger partial charge >= 0.3 is 0 Å². The van der Waals surface area contributed by atoms with Crippen LogP contribution in [0.1, 0.15) is 32.1 Å². The van der Waals surface area contributed by atoms with Crippen molar-refractivity contribution in [2.24, 2.45) is 0 Å². The molecule has 0 radical (unpaired) electrons. The van der Waals surface area contributed by atoms with E-state index in [2.05, 4.69) is 0 Å². The number of aliphatic hydroxyl groups is 2. The molecule has 1 saturated carbocycles. The van der Waals surface area contributed by atoms with Crippen molar-refractivity contribution in [3.63, 3.8) is 0 Å². The lowest BCUT2D eigenvalue weighted by Gasteiger charge is -2.33. The molecule has 3 atom stereocenters. The second-order valence-corrected chi connectivity index (χ2v) is 5.20. The Morgan fingerprint density at radius 1 is 1.26 bits per heavy atom. The van der Waals surface area contributed by atoms with Gasteiger partial charge in [0.2, 0.25) is 0 Å². The maximum atomic E-state index is 13.7. The summed E-state index contributed by atoms with van der Waals surface area (Å²) in [6, 6.07) is 0.